The van der Waals surface area contributed by atoms with Crippen molar-refractivity contribution >= 4 is 23.5 Å². The number of rotatable bonds is 6. The number of anilines is 1. The summed E-state index contributed by atoms with van der Waals surface area (Å²) in [6, 6.07) is 13.0. The number of halogens is 1. The molecule has 0 aliphatic carbocycles. The molecule has 7 nitrogen and oxygen atoms in total. The molecular weight excluding hydrogens is 353 g/mol. The van der Waals surface area contributed by atoms with Gasteiger partial charge in [0, 0.05) is 11.3 Å². The second kappa shape index (κ2) is 9.10. The third-order valence-corrected chi connectivity index (χ3v) is 3.44. The Hall–Kier alpha value is -3.73. The molecule has 0 saturated heterocycles. The number of ether oxygens (including phenoxy) is 1. The van der Waals surface area contributed by atoms with Crippen LogP contribution in [0.1, 0.15) is 22.8 Å². The van der Waals surface area contributed by atoms with Crippen LogP contribution in [0.15, 0.2) is 48.5 Å². The largest absolute Gasteiger partial charge is 0.451 e. The highest BCUT2D eigenvalue weighted by atomic mass is 19.1. The van der Waals surface area contributed by atoms with Crippen LogP contribution in [0, 0.1) is 17.1 Å². The Morgan fingerprint density at radius 3 is 2.56 bits per heavy atom. The molecular formula is C19H16FN3O4. The van der Waals surface area contributed by atoms with Crippen molar-refractivity contribution in [3.05, 3.63) is 65.5 Å². The van der Waals surface area contributed by atoms with Crippen molar-refractivity contribution in [2.45, 2.75) is 13.0 Å². The highest BCUT2D eigenvalue weighted by Gasteiger charge is 2.18. The molecule has 0 aromatic heterocycles. The minimum atomic E-state index is -1.11. The molecule has 0 heterocycles. The number of hydrogen-bond acceptors (Lipinski definition) is 5. The van der Waals surface area contributed by atoms with E-state index in [4.69, 9.17) is 10.00 Å². The Kier molecular flexibility index (Phi) is 6.61. The van der Waals surface area contributed by atoms with Crippen LogP contribution in [-0.4, -0.2) is 30.4 Å². The number of amides is 2. The molecule has 0 fully saturated rings. The fourth-order valence-corrected chi connectivity index (χ4v) is 2.06. The first kappa shape index (κ1) is 19.6. The Balaban J connectivity index is 1.82. The number of nitrogens with zero attached hydrogens (tertiary/aromatic N) is 1. The number of nitrogens with one attached hydrogen (secondary N) is 2. The van der Waals surface area contributed by atoms with Crippen molar-refractivity contribution in [2.75, 3.05) is 11.9 Å². The molecule has 2 rings (SSSR count). The zero-order chi connectivity index (χ0) is 19.8. The highest BCUT2D eigenvalue weighted by molar-refractivity contribution is 5.97. The van der Waals surface area contributed by atoms with Gasteiger partial charge in [0.05, 0.1) is 11.6 Å². The summed E-state index contributed by atoms with van der Waals surface area (Å²) in [4.78, 5) is 35.7. The Labute approximate surface area is 154 Å². The Bertz CT molecular complexity index is 891. The molecule has 27 heavy (non-hydrogen) atoms. The molecule has 2 aromatic carbocycles. The Morgan fingerprint density at radius 2 is 1.89 bits per heavy atom. The molecule has 0 saturated carbocycles. The van der Waals surface area contributed by atoms with E-state index >= 15 is 0 Å². The normalized spacial score (nSPS) is 11.0. The van der Waals surface area contributed by atoms with Gasteiger partial charge in [0.15, 0.2) is 6.10 Å². The molecule has 138 valence electrons. The average molecular weight is 369 g/mol. The van der Waals surface area contributed by atoms with Gasteiger partial charge in [-0.15, -0.1) is 0 Å². The predicted octanol–water partition coefficient (Wildman–Crippen LogP) is 2.00. The topological polar surface area (TPSA) is 108 Å². The fraction of sp³-hybridized carbons (Fsp3) is 0.158. The fourth-order valence-electron chi connectivity index (χ4n) is 2.06. The third-order valence-electron chi connectivity index (χ3n) is 3.44. The molecule has 0 aliphatic heterocycles. The van der Waals surface area contributed by atoms with Crippen molar-refractivity contribution < 1.29 is 23.5 Å². The summed E-state index contributed by atoms with van der Waals surface area (Å²) < 4.78 is 17.8. The van der Waals surface area contributed by atoms with E-state index in [1.807, 2.05) is 6.07 Å². The van der Waals surface area contributed by atoms with Gasteiger partial charge in [0.1, 0.15) is 12.4 Å². The zero-order valence-corrected chi connectivity index (χ0v) is 14.4. The van der Waals surface area contributed by atoms with E-state index in [0.717, 1.165) is 12.1 Å². The van der Waals surface area contributed by atoms with E-state index in [1.165, 1.54) is 25.1 Å². The molecule has 2 aromatic rings. The molecule has 0 aliphatic rings. The summed E-state index contributed by atoms with van der Waals surface area (Å²) >= 11 is 0. The maximum absolute atomic E-state index is 12.8. The summed E-state index contributed by atoms with van der Waals surface area (Å²) in [7, 11) is 0. The molecule has 1 atom stereocenters. The Morgan fingerprint density at radius 1 is 1.19 bits per heavy atom. The molecule has 0 radical (unpaired) electrons. The van der Waals surface area contributed by atoms with E-state index in [-0.39, 0.29) is 5.56 Å². The van der Waals surface area contributed by atoms with Crippen molar-refractivity contribution in [1.29, 1.82) is 5.26 Å². The summed E-state index contributed by atoms with van der Waals surface area (Å²) in [5.41, 5.74) is 0.958. The number of nitriles is 1. The summed E-state index contributed by atoms with van der Waals surface area (Å²) in [6.45, 7) is 0.931. The van der Waals surface area contributed by atoms with Crippen molar-refractivity contribution in [1.82, 2.24) is 5.32 Å². The number of hydrogen-bond donors (Lipinski definition) is 2. The highest BCUT2D eigenvalue weighted by Crippen LogP contribution is 2.10. The molecule has 2 N–H and O–H groups in total. The van der Waals surface area contributed by atoms with Gasteiger partial charge in [0.25, 0.3) is 11.8 Å². The molecule has 0 bridgehead atoms. The van der Waals surface area contributed by atoms with Crippen LogP contribution in [0.4, 0.5) is 10.1 Å². The van der Waals surface area contributed by atoms with Gasteiger partial charge < -0.3 is 15.4 Å². The lowest BCUT2D eigenvalue weighted by molar-refractivity contribution is -0.152. The van der Waals surface area contributed by atoms with E-state index in [1.54, 1.807) is 18.2 Å². The van der Waals surface area contributed by atoms with E-state index < -0.39 is 36.2 Å². The van der Waals surface area contributed by atoms with Crippen molar-refractivity contribution in [3.63, 3.8) is 0 Å². The van der Waals surface area contributed by atoms with Gasteiger partial charge in [-0.25, -0.2) is 4.39 Å². The second-order valence-electron chi connectivity index (χ2n) is 5.50. The van der Waals surface area contributed by atoms with Crippen molar-refractivity contribution in [3.8, 4) is 6.07 Å². The number of esters is 1. The van der Waals surface area contributed by atoms with Gasteiger partial charge in [-0.1, -0.05) is 6.07 Å². The first-order chi connectivity index (χ1) is 12.9. The number of carbonyl (C=O) groups is 3. The van der Waals surface area contributed by atoms with E-state index in [0.29, 0.717) is 11.3 Å². The SMILES string of the molecule is C[C@H](OC(=O)CNC(=O)c1ccc(F)cc1)C(=O)Nc1cccc(C#N)c1. The van der Waals surface area contributed by atoms with Crippen LogP contribution in [-0.2, 0) is 14.3 Å². The monoisotopic (exact) mass is 369 g/mol. The summed E-state index contributed by atoms with van der Waals surface area (Å²) in [5.74, 6) is -2.44. The first-order valence-corrected chi connectivity index (χ1v) is 7.93. The molecule has 0 spiro atoms. The first-order valence-electron chi connectivity index (χ1n) is 7.93. The number of benzene rings is 2. The van der Waals surface area contributed by atoms with Gasteiger partial charge in [-0.3, -0.25) is 14.4 Å². The van der Waals surface area contributed by atoms with Gasteiger partial charge in [-0.05, 0) is 49.4 Å². The van der Waals surface area contributed by atoms with Crippen LogP contribution >= 0.6 is 0 Å². The van der Waals surface area contributed by atoms with Crippen LogP contribution < -0.4 is 10.6 Å². The van der Waals surface area contributed by atoms with Gasteiger partial charge in [0.2, 0.25) is 0 Å². The summed E-state index contributed by atoms with van der Waals surface area (Å²) in [5, 5.41) is 13.7. The zero-order valence-electron chi connectivity index (χ0n) is 14.4. The quantitative estimate of drug-likeness (QED) is 0.757. The van der Waals surface area contributed by atoms with E-state index in [9.17, 15) is 18.8 Å². The van der Waals surface area contributed by atoms with Crippen LogP contribution in [0.25, 0.3) is 0 Å². The van der Waals surface area contributed by atoms with Crippen molar-refractivity contribution in [2.24, 2.45) is 0 Å². The molecule has 2 amide bonds. The minimum Gasteiger partial charge on any atom is -0.451 e. The predicted molar refractivity (Wildman–Crippen MR) is 94.1 cm³/mol. The molecule has 0 unspecified atom stereocenters. The van der Waals surface area contributed by atoms with Gasteiger partial charge >= 0.3 is 5.97 Å². The second-order valence-corrected chi connectivity index (χ2v) is 5.50. The lowest BCUT2D eigenvalue weighted by Crippen LogP contribution is -2.35. The van der Waals surface area contributed by atoms with Crippen LogP contribution in [0.2, 0.25) is 0 Å². The van der Waals surface area contributed by atoms with Gasteiger partial charge in [-0.2, -0.15) is 5.26 Å². The standard InChI is InChI=1S/C19H16FN3O4/c1-12(18(25)23-16-4-2-3-13(9-16)10-21)27-17(24)11-22-19(26)14-5-7-15(20)8-6-14/h2-9,12H,11H2,1H3,(H,22,26)(H,23,25)/t12-/m0/s1. The lowest BCUT2D eigenvalue weighted by Gasteiger charge is -2.14. The third kappa shape index (κ3) is 5.93. The summed E-state index contributed by atoms with van der Waals surface area (Å²) in [6.07, 6.45) is -1.11. The lowest BCUT2D eigenvalue weighted by atomic mass is 10.2. The minimum absolute atomic E-state index is 0.187. The average Bonchev–Trinajstić information content (AvgIpc) is 2.66. The maximum atomic E-state index is 12.8. The van der Waals surface area contributed by atoms with Crippen LogP contribution in [0.5, 0.6) is 0 Å². The number of carbonyl (C=O) groups excluding carboxylic acids is 3. The molecule has 8 heteroatoms. The van der Waals surface area contributed by atoms with Crippen LogP contribution in [0.3, 0.4) is 0 Å². The maximum Gasteiger partial charge on any atom is 0.326 e. The smallest absolute Gasteiger partial charge is 0.326 e. The van der Waals surface area contributed by atoms with E-state index in [2.05, 4.69) is 10.6 Å².